The monoisotopic (exact) mass is 290 g/mol. The highest BCUT2D eigenvalue weighted by atomic mass is 35.5. The predicted octanol–water partition coefficient (Wildman–Crippen LogP) is 2.84. The lowest BCUT2D eigenvalue weighted by Crippen LogP contribution is -2.32. The van der Waals surface area contributed by atoms with Crippen LogP contribution in [0.15, 0.2) is 6.20 Å². The molecule has 0 saturated heterocycles. The van der Waals surface area contributed by atoms with E-state index in [2.05, 4.69) is 31.3 Å². The Balaban J connectivity index is 2.71. The second-order valence-electron chi connectivity index (χ2n) is 4.75. The van der Waals surface area contributed by atoms with E-state index >= 15 is 0 Å². The predicted molar refractivity (Wildman–Crippen MR) is 79.8 cm³/mol. The molecule has 0 fully saturated rings. The molecule has 1 heterocycles. The molecule has 1 aromatic heterocycles. The SMILES string of the molecule is CCCn1ncc(Cl)c1C(CSCC(C)C)NN. The molecule has 1 unspecified atom stereocenters. The lowest BCUT2D eigenvalue weighted by Gasteiger charge is -2.18. The van der Waals surface area contributed by atoms with Gasteiger partial charge in [0.1, 0.15) is 0 Å². The number of hydrogen-bond donors (Lipinski definition) is 2. The third kappa shape index (κ3) is 4.46. The summed E-state index contributed by atoms with van der Waals surface area (Å²) in [5.41, 5.74) is 3.85. The van der Waals surface area contributed by atoms with Gasteiger partial charge in [-0.1, -0.05) is 32.4 Å². The van der Waals surface area contributed by atoms with Gasteiger partial charge in [0.25, 0.3) is 0 Å². The van der Waals surface area contributed by atoms with Crippen LogP contribution in [0.2, 0.25) is 5.02 Å². The van der Waals surface area contributed by atoms with Crippen LogP contribution in [0, 0.1) is 5.92 Å². The molecule has 18 heavy (non-hydrogen) atoms. The molecular formula is C12H23ClN4S. The summed E-state index contributed by atoms with van der Waals surface area (Å²) in [6, 6.07) is 0.0512. The van der Waals surface area contributed by atoms with Crippen molar-refractivity contribution in [1.29, 1.82) is 0 Å². The first-order chi connectivity index (χ1) is 8.60. The van der Waals surface area contributed by atoms with Crippen molar-refractivity contribution in [2.45, 2.75) is 39.8 Å². The third-order valence-corrected chi connectivity index (χ3v) is 4.30. The molecule has 104 valence electrons. The summed E-state index contributed by atoms with van der Waals surface area (Å²) in [6.45, 7) is 7.42. The minimum absolute atomic E-state index is 0.0512. The van der Waals surface area contributed by atoms with Crippen LogP contribution in [-0.4, -0.2) is 21.3 Å². The zero-order valence-electron chi connectivity index (χ0n) is 11.3. The lowest BCUT2D eigenvalue weighted by atomic mass is 10.2. The Morgan fingerprint density at radius 3 is 2.78 bits per heavy atom. The molecule has 1 aromatic rings. The molecular weight excluding hydrogens is 268 g/mol. The summed E-state index contributed by atoms with van der Waals surface area (Å²) in [5, 5.41) is 4.99. The van der Waals surface area contributed by atoms with E-state index in [4.69, 9.17) is 17.4 Å². The van der Waals surface area contributed by atoms with Crippen LogP contribution in [0.1, 0.15) is 38.9 Å². The van der Waals surface area contributed by atoms with Gasteiger partial charge in [0.15, 0.2) is 0 Å². The number of nitrogens with one attached hydrogen (secondary N) is 1. The number of aromatic nitrogens is 2. The molecule has 0 bridgehead atoms. The Morgan fingerprint density at radius 2 is 2.22 bits per heavy atom. The van der Waals surface area contributed by atoms with Crippen LogP contribution in [0.5, 0.6) is 0 Å². The zero-order valence-corrected chi connectivity index (χ0v) is 12.9. The van der Waals surface area contributed by atoms with Crippen LogP contribution < -0.4 is 11.3 Å². The summed E-state index contributed by atoms with van der Waals surface area (Å²) in [5.74, 6) is 8.37. The lowest BCUT2D eigenvalue weighted by molar-refractivity contribution is 0.508. The van der Waals surface area contributed by atoms with Gasteiger partial charge in [-0.05, 0) is 18.1 Å². The molecule has 0 aliphatic rings. The molecule has 0 spiro atoms. The van der Waals surface area contributed by atoms with Gasteiger partial charge in [0, 0.05) is 12.3 Å². The number of hydrazine groups is 1. The van der Waals surface area contributed by atoms with Gasteiger partial charge >= 0.3 is 0 Å². The van der Waals surface area contributed by atoms with Crippen molar-refractivity contribution in [2.24, 2.45) is 11.8 Å². The molecule has 0 aromatic carbocycles. The third-order valence-electron chi connectivity index (χ3n) is 2.54. The molecule has 0 amide bonds. The second kappa shape index (κ2) is 8.04. The van der Waals surface area contributed by atoms with Gasteiger partial charge in [0.05, 0.1) is 23.0 Å². The van der Waals surface area contributed by atoms with Crippen LogP contribution in [0.3, 0.4) is 0 Å². The van der Waals surface area contributed by atoms with Crippen LogP contribution in [0.4, 0.5) is 0 Å². The zero-order chi connectivity index (χ0) is 13.5. The van der Waals surface area contributed by atoms with Gasteiger partial charge in [-0.25, -0.2) is 0 Å². The maximum atomic E-state index is 6.21. The molecule has 1 atom stereocenters. The Kier molecular flexibility index (Phi) is 7.07. The van der Waals surface area contributed by atoms with E-state index in [1.165, 1.54) is 0 Å². The fraction of sp³-hybridized carbons (Fsp3) is 0.750. The van der Waals surface area contributed by atoms with E-state index in [9.17, 15) is 0 Å². The molecule has 6 heteroatoms. The van der Waals surface area contributed by atoms with Gasteiger partial charge in [0.2, 0.25) is 0 Å². The number of rotatable bonds is 8. The first kappa shape index (κ1) is 15.8. The van der Waals surface area contributed by atoms with Gasteiger partial charge in [-0.15, -0.1) is 0 Å². The molecule has 4 nitrogen and oxygen atoms in total. The largest absolute Gasteiger partial charge is 0.271 e. The first-order valence-corrected chi connectivity index (χ1v) is 7.88. The first-order valence-electron chi connectivity index (χ1n) is 6.35. The van der Waals surface area contributed by atoms with E-state index in [0.29, 0.717) is 10.9 Å². The Labute approximate surface area is 119 Å². The van der Waals surface area contributed by atoms with E-state index in [1.54, 1.807) is 6.20 Å². The Hall–Kier alpha value is -0.230. The normalized spacial score (nSPS) is 13.2. The van der Waals surface area contributed by atoms with E-state index < -0.39 is 0 Å². The second-order valence-corrected chi connectivity index (χ2v) is 6.23. The summed E-state index contributed by atoms with van der Waals surface area (Å²) < 4.78 is 1.95. The van der Waals surface area contributed by atoms with Gasteiger partial charge < -0.3 is 0 Å². The number of halogens is 1. The van der Waals surface area contributed by atoms with Gasteiger partial charge in [-0.2, -0.15) is 16.9 Å². The number of nitrogens with zero attached hydrogens (tertiary/aromatic N) is 2. The van der Waals surface area contributed by atoms with Crippen molar-refractivity contribution in [2.75, 3.05) is 11.5 Å². The molecule has 1 rings (SSSR count). The average Bonchev–Trinajstić information content (AvgIpc) is 2.67. The Bertz CT molecular complexity index is 354. The van der Waals surface area contributed by atoms with Crippen LogP contribution >= 0.6 is 23.4 Å². The summed E-state index contributed by atoms with van der Waals surface area (Å²) in [4.78, 5) is 0. The van der Waals surface area contributed by atoms with Gasteiger partial charge in [-0.3, -0.25) is 16.0 Å². The molecule has 0 aliphatic heterocycles. The summed E-state index contributed by atoms with van der Waals surface area (Å²) >= 11 is 8.09. The van der Waals surface area contributed by atoms with E-state index in [-0.39, 0.29) is 6.04 Å². The number of thioether (sulfide) groups is 1. The highest BCUT2D eigenvalue weighted by molar-refractivity contribution is 7.99. The van der Waals surface area contributed by atoms with E-state index in [1.807, 2.05) is 16.4 Å². The maximum absolute atomic E-state index is 6.21. The molecule has 0 radical (unpaired) electrons. The van der Waals surface area contributed by atoms with Crippen molar-refractivity contribution in [3.8, 4) is 0 Å². The van der Waals surface area contributed by atoms with Crippen molar-refractivity contribution in [3.63, 3.8) is 0 Å². The Morgan fingerprint density at radius 1 is 1.50 bits per heavy atom. The van der Waals surface area contributed by atoms with Crippen molar-refractivity contribution in [3.05, 3.63) is 16.9 Å². The number of hydrogen-bond acceptors (Lipinski definition) is 4. The highest BCUT2D eigenvalue weighted by Crippen LogP contribution is 2.26. The highest BCUT2D eigenvalue weighted by Gasteiger charge is 2.19. The maximum Gasteiger partial charge on any atom is 0.0834 e. The quantitative estimate of drug-likeness (QED) is 0.571. The summed E-state index contributed by atoms with van der Waals surface area (Å²) in [7, 11) is 0. The molecule has 0 aliphatic carbocycles. The van der Waals surface area contributed by atoms with E-state index in [0.717, 1.165) is 30.2 Å². The van der Waals surface area contributed by atoms with Crippen molar-refractivity contribution in [1.82, 2.24) is 15.2 Å². The molecule has 0 saturated carbocycles. The molecule has 3 N–H and O–H groups in total. The smallest absolute Gasteiger partial charge is 0.0834 e. The van der Waals surface area contributed by atoms with Crippen molar-refractivity contribution < 1.29 is 0 Å². The van der Waals surface area contributed by atoms with Crippen LogP contribution in [-0.2, 0) is 6.54 Å². The number of nitrogens with two attached hydrogens (primary N) is 1. The minimum Gasteiger partial charge on any atom is -0.271 e. The fourth-order valence-corrected chi connectivity index (χ4v) is 3.11. The number of aryl methyl sites for hydroxylation is 1. The standard InChI is InChI=1S/C12H23ClN4S/c1-4-5-17-12(10(13)6-15-17)11(16-14)8-18-7-9(2)3/h6,9,11,16H,4-5,7-8,14H2,1-3H3. The average molecular weight is 291 g/mol. The van der Waals surface area contributed by atoms with Crippen LogP contribution in [0.25, 0.3) is 0 Å². The van der Waals surface area contributed by atoms with Crippen molar-refractivity contribution >= 4 is 23.4 Å². The topological polar surface area (TPSA) is 55.9 Å². The minimum atomic E-state index is 0.0512. The fourth-order valence-electron chi connectivity index (χ4n) is 1.74. The summed E-state index contributed by atoms with van der Waals surface area (Å²) in [6.07, 6.45) is 2.73.